The molecule has 24 heavy (non-hydrogen) atoms. The SMILES string of the molecule is O=C(NCCc1ccccc1)C1CCN1S(=O)(=O)c1ccccc1. The first-order valence-electron chi connectivity index (χ1n) is 7.97. The van der Waals surface area contributed by atoms with Crippen molar-refractivity contribution in [1.82, 2.24) is 9.62 Å². The van der Waals surface area contributed by atoms with Gasteiger partial charge in [-0.3, -0.25) is 4.79 Å². The first kappa shape index (κ1) is 16.7. The molecule has 0 bridgehead atoms. The molecule has 1 amide bonds. The van der Waals surface area contributed by atoms with Gasteiger partial charge in [0.15, 0.2) is 0 Å². The fourth-order valence-corrected chi connectivity index (χ4v) is 4.39. The number of sulfonamides is 1. The Kier molecular flexibility index (Phi) is 4.97. The van der Waals surface area contributed by atoms with Gasteiger partial charge < -0.3 is 5.32 Å². The second kappa shape index (κ2) is 7.15. The van der Waals surface area contributed by atoms with Crippen molar-refractivity contribution < 1.29 is 13.2 Å². The molecule has 0 spiro atoms. The average Bonchev–Trinajstić information content (AvgIpc) is 2.55. The van der Waals surface area contributed by atoms with Crippen molar-refractivity contribution in [3.05, 3.63) is 66.2 Å². The van der Waals surface area contributed by atoms with Crippen LogP contribution in [0.25, 0.3) is 0 Å². The number of nitrogens with zero attached hydrogens (tertiary/aromatic N) is 1. The lowest BCUT2D eigenvalue weighted by Gasteiger charge is -2.38. The summed E-state index contributed by atoms with van der Waals surface area (Å²) in [5, 5.41) is 2.84. The van der Waals surface area contributed by atoms with E-state index < -0.39 is 16.1 Å². The number of nitrogens with one attached hydrogen (secondary N) is 1. The summed E-state index contributed by atoms with van der Waals surface area (Å²) in [4.78, 5) is 12.5. The highest BCUT2D eigenvalue weighted by Crippen LogP contribution is 2.26. The van der Waals surface area contributed by atoms with Crippen LogP contribution in [0.5, 0.6) is 0 Å². The maximum Gasteiger partial charge on any atom is 0.243 e. The van der Waals surface area contributed by atoms with Crippen LogP contribution in [0, 0.1) is 0 Å². The number of carbonyl (C=O) groups excluding carboxylic acids is 1. The maximum atomic E-state index is 12.6. The normalized spacial score (nSPS) is 17.9. The largest absolute Gasteiger partial charge is 0.354 e. The van der Waals surface area contributed by atoms with Crippen molar-refractivity contribution >= 4 is 15.9 Å². The minimum Gasteiger partial charge on any atom is -0.354 e. The van der Waals surface area contributed by atoms with Crippen LogP contribution in [0.4, 0.5) is 0 Å². The van der Waals surface area contributed by atoms with E-state index in [1.54, 1.807) is 30.3 Å². The van der Waals surface area contributed by atoms with Gasteiger partial charge in [0.25, 0.3) is 0 Å². The van der Waals surface area contributed by atoms with Crippen LogP contribution in [0.2, 0.25) is 0 Å². The average molecular weight is 344 g/mol. The summed E-state index contributed by atoms with van der Waals surface area (Å²) in [6.07, 6.45) is 1.29. The molecule has 1 fully saturated rings. The van der Waals surface area contributed by atoms with Crippen LogP contribution in [0.1, 0.15) is 12.0 Å². The Morgan fingerprint density at radius 3 is 2.25 bits per heavy atom. The van der Waals surface area contributed by atoms with E-state index in [0.29, 0.717) is 19.5 Å². The van der Waals surface area contributed by atoms with Crippen molar-refractivity contribution in [3.63, 3.8) is 0 Å². The molecule has 1 aliphatic heterocycles. The smallest absolute Gasteiger partial charge is 0.243 e. The summed E-state index contributed by atoms with van der Waals surface area (Å²) < 4.78 is 26.4. The lowest BCUT2D eigenvalue weighted by Crippen LogP contribution is -2.58. The van der Waals surface area contributed by atoms with E-state index in [1.165, 1.54) is 4.31 Å². The zero-order valence-electron chi connectivity index (χ0n) is 13.3. The minimum absolute atomic E-state index is 0.225. The fraction of sp³-hybridized carbons (Fsp3) is 0.278. The van der Waals surface area contributed by atoms with Crippen LogP contribution < -0.4 is 5.32 Å². The summed E-state index contributed by atoms with van der Waals surface area (Å²) in [5.41, 5.74) is 1.14. The Bertz CT molecular complexity index is 792. The zero-order valence-corrected chi connectivity index (χ0v) is 14.1. The monoisotopic (exact) mass is 344 g/mol. The Morgan fingerprint density at radius 1 is 1.04 bits per heavy atom. The van der Waals surface area contributed by atoms with E-state index in [0.717, 1.165) is 12.0 Å². The molecule has 1 heterocycles. The predicted octanol–water partition coefficient (Wildman–Crippen LogP) is 1.81. The lowest BCUT2D eigenvalue weighted by molar-refractivity contribution is -0.127. The Morgan fingerprint density at radius 2 is 1.67 bits per heavy atom. The first-order chi connectivity index (χ1) is 11.6. The van der Waals surface area contributed by atoms with E-state index in [4.69, 9.17) is 0 Å². The van der Waals surface area contributed by atoms with E-state index in [1.807, 2.05) is 30.3 Å². The molecule has 1 atom stereocenters. The van der Waals surface area contributed by atoms with Gasteiger partial charge in [0.05, 0.1) is 4.90 Å². The molecule has 1 saturated heterocycles. The Labute approximate surface area is 142 Å². The molecule has 5 nitrogen and oxygen atoms in total. The lowest BCUT2D eigenvalue weighted by atomic mass is 10.1. The highest BCUT2D eigenvalue weighted by atomic mass is 32.2. The molecule has 6 heteroatoms. The Balaban J connectivity index is 1.58. The highest BCUT2D eigenvalue weighted by molar-refractivity contribution is 7.89. The van der Waals surface area contributed by atoms with Gasteiger partial charge in [0.1, 0.15) is 6.04 Å². The summed E-state index contributed by atoms with van der Waals surface area (Å²) in [6.45, 7) is 0.882. The molecule has 0 saturated carbocycles. The molecule has 1 unspecified atom stereocenters. The van der Waals surface area contributed by atoms with Gasteiger partial charge in [0, 0.05) is 13.1 Å². The molecule has 1 N–H and O–H groups in total. The molecule has 2 aromatic carbocycles. The van der Waals surface area contributed by atoms with Crippen LogP contribution in [-0.4, -0.2) is 37.8 Å². The number of benzene rings is 2. The van der Waals surface area contributed by atoms with Crippen molar-refractivity contribution in [1.29, 1.82) is 0 Å². The number of hydrogen-bond acceptors (Lipinski definition) is 3. The molecule has 3 rings (SSSR count). The molecule has 0 aliphatic carbocycles. The van der Waals surface area contributed by atoms with Gasteiger partial charge in [-0.15, -0.1) is 0 Å². The topological polar surface area (TPSA) is 66.5 Å². The van der Waals surface area contributed by atoms with E-state index in [-0.39, 0.29) is 10.8 Å². The van der Waals surface area contributed by atoms with Gasteiger partial charge >= 0.3 is 0 Å². The third-order valence-corrected chi connectivity index (χ3v) is 6.10. The van der Waals surface area contributed by atoms with Gasteiger partial charge in [-0.25, -0.2) is 8.42 Å². The third kappa shape index (κ3) is 3.49. The number of hydrogen-bond donors (Lipinski definition) is 1. The van der Waals surface area contributed by atoms with Gasteiger partial charge in [-0.2, -0.15) is 4.31 Å². The molecular formula is C18H20N2O3S. The quantitative estimate of drug-likeness (QED) is 0.869. The van der Waals surface area contributed by atoms with Crippen LogP contribution >= 0.6 is 0 Å². The van der Waals surface area contributed by atoms with E-state index in [2.05, 4.69) is 5.32 Å². The second-order valence-corrected chi connectivity index (χ2v) is 7.65. The summed E-state index contributed by atoms with van der Waals surface area (Å²) in [6, 6.07) is 17.5. The van der Waals surface area contributed by atoms with Gasteiger partial charge in [-0.05, 0) is 30.5 Å². The van der Waals surface area contributed by atoms with Gasteiger partial charge in [-0.1, -0.05) is 48.5 Å². The van der Waals surface area contributed by atoms with Crippen molar-refractivity contribution in [2.75, 3.05) is 13.1 Å². The van der Waals surface area contributed by atoms with E-state index >= 15 is 0 Å². The highest BCUT2D eigenvalue weighted by Gasteiger charge is 2.42. The van der Waals surface area contributed by atoms with Crippen LogP contribution in [-0.2, 0) is 21.2 Å². The molecule has 2 aromatic rings. The standard InChI is InChI=1S/C18H20N2O3S/c21-18(19-13-11-15-7-3-1-4-8-15)17-12-14-20(17)24(22,23)16-9-5-2-6-10-16/h1-10,17H,11-14H2,(H,19,21). The number of carbonyl (C=O) groups is 1. The fourth-order valence-electron chi connectivity index (χ4n) is 2.73. The Hall–Kier alpha value is -2.18. The number of rotatable bonds is 6. The molecule has 1 aliphatic rings. The second-order valence-electron chi connectivity index (χ2n) is 5.76. The van der Waals surface area contributed by atoms with Gasteiger partial charge in [0.2, 0.25) is 15.9 Å². The van der Waals surface area contributed by atoms with E-state index in [9.17, 15) is 13.2 Å². The molecular weight excluding hydrogens is 324 g/mol. The minimum atomic E-state index is -3.60. The zero-order chi connectivity index (χ0) is 17.0. The predicted molar refractivity (Wildman–Crippen MR) is 91.9 cm³/mol. The first-order valence-corrected chi connectivity index (χ1v) is 9.41. The maximum absolute atomic E-state index is 12.6. The number of amides is 1. The van der Waals surface area contributed by atoms with Crippen molar-refractivity contribution in [2.45, 2.75) is 23.8 Å². The van der Waals surface area contributed by atoms with Crippen LogP contribution in [0.3, 0.4) is 0 Å². The molecule has 0 aromatic heterocycles. The summed E-state index contributed by atoms with van der Waals surface area (Å²) in [7, 11) is -3.60. The van der Waals surface area contributed by atoms with Crippen LogP contribution in [0.15, 0.2) is 65.6 Å². The van der Waals surface area contributed by atoms with Crippen molar-refractivity contribution in [2.24, 2.45) is 0 Å². The molecule has 126 valence electrons. The molecule has 0 radical (unpaired) electrons. The summed E-state index contributed by atoms with van der Waals surface area (Å²) >= 11 is 0. The van der Waals surface area contributed by atoms with Crippen molar-refractivity contribution in [3.8, 4) is 0 Å². The third-order valence-electron chi connectivity index (χ3n) is 4.18. The summed E-state index contributed by atoms with van der Waals surface area (Å²) in [5.74, 6) is -0.225.